The summed E-state index contributed by atoms with van der Waals surface area (Å²) in [7, 11) is 0. The standard InChI is InChI=1S/C15H21N5O/c1-8(2)13-12(17)14(15(18)21)20(19-13)11-5-4-10(7-16)6-9(11)3/h4-6,8H,7,16-17H2,1-3H3,(H2,18,21). The minimum Gasteiger partial charge on any atom is -0.395 e. The second-order valence-corrected chi connectivity index (χ2v) is 5.40. The van der Waals surface area contributed by atoms with Gasteiger partial charge < -0.3 is 17.2 Å². The first-order valence-electron chi connectivity index (χ1n) is 6.85. The molecule has 0 radical (unpaired) electrons. The van der Waals surface area contributed by atoms with Crippen LogP contribution in [0.4, 0.5) is 5.69 Å². The van der Waals surface area contributed by atoms with Gasteiger partial charge in [0.1, 0.15) is 0 Å². The highest BCUT2D eigenvalue weighted by molar-refractivity contribution is 5.97. The summed E-state index contributed by atoms with van der Waals surface area (Å²) in [5.41, 5.74) is 21.1. The molecule has 0 bridgehead atoms. The Bertz CT molecular complexity index is 688. The van der Waals surface area contributed by atoms with E-state index >= 15 is 0 Å². The number of benzene rings is 1. The van der Waals surface area contributed by atoms with E-state index in [2.05, 4.69) is 5.10 Å². The first kappa shape index (κ1) is 15.1. The summed E-state index contributed by atoms with van der Waals surface area (Å²) in [6.45, 7) is 6.34. The highest BCUT2D eigenvalue weighted by atomic mass is 16.1. The second-order valence-electron chi connectivity index (χ2n) is 5.40. The van der Waals surface area contributed by atoms with Crippen molar-refractivity contribution >= 4 is 11.6 Å². The smallest absolute Gasteiger partial charge is 0.269 e. The van der Waals surface area contributed by atoms with Crippen molar-refractivity contribution in [3.63, 3.8) is 0 Å². The lowest BCUT2D eigenvalue weighted by molar-refractivity contribution is 0.0994. The lowest BCUT2D eigenvalue weighted by Crippen LogP contribution is -2.18. The summed E-state index contributed by atoms with van der Waals surface area (Å²) >= 11 is 0. The quantitative estimate of drug-likeness (QED) is 0.789. The van der Waals surface area contributed by atoms with E-state index in [4.69, 9.17) is 17.2 Å². The number of anilines is 1. The number of rotatable bonds is 4. The Balaban J connectivity index is 2.68. The van der Waals surface area contributed by atoms with Crippen LogP contribution in [0.3, 0.4) is 0 Å². The van der Waals surface area contributed by atoms with E-state index in [1.54, 1.807) is 0 Å². The molecule has 1 aromatic carbocycles. The number of carbonyl (C=O) groups excluding carboxylic acids is 1. The van der Waals surface area contributed by atoms with Gasteiger partial charge in [-0.15, -0.1) is 0 Å². The molecule has 0 unspecified atom stereocenters. The van der Waals surface area contributed by atoms with Crippen LogP contribution in [0.25, 0.3) is 5.69 Å². The van der Waals surface area contributed by atoms with Crippen LogP contribution in [0.2, 0.25) is 0 Å². The summed E-state index contributed by atoms with van der Waals surface area (Å²) in [5, 5.41) is 4.48. The Labute approximate surface area is 123 Å². The van der Waals surface area contributed by atoms with Gasteiger partial charge in [-0.25, -0.2) is 4.68 Å². The Morgan fingerprint density at radius 3 is 2.52 bits per heavy atom. The molecule has 21 heavy (non-hydrogen) atoms. The van der Waals surface area contributed by atoms with E-state index in [9.17, 15) is 4.79 Å². The number of carbonyl (C=O) groups is 1. The number of nitrogens with zero attached hydrogens (tertiary/aromatic N) is 2. The fourth-order valence-electron chi connectivity index (χ4n) is 2.37. The predicted molar refractivity (Wildman–Crippen MR) is 83.2 cm³/mol. The summed E-state index contributed by atoms with van der Waals surface area (Å²) < 4.78 is 1.53. The van der Waals surface area contributed by atoms with E-state index in [0.29, 0.717) is 17.9 Å². The maximum atomic E-state index is 11.7. The van der Waals surface area contributed by atoms with Gasteiger partial charge in [0.2, 0.25) is 0 Å². The lowest BCUT2D eigenvalue weighted by atomic mass is 10.1. The van der Waals surface area contributed by atoms with Crippen molar-refractivity contribution < 1.29 is 4.79 Å². The molecule has 0 saturated carbocycles. The van der Waals surface area contributed by atoms with Crippen molar-refractivity contribution in [3.05, 3.63) is 40.7 Å². The highest BCUT2D eigenvalue weighted by Crippen LogP contribution is 2.27. The zero-order valence-corrected chi connectivity index (χ0v) is 12.6. The number of amides is 1. The topological polar surface area (TPSA) is 113 Å². The maximum absolute atomic E-state index is 11.7. The molecule has 6 N–H and O–H groups in total. The van der Waals surface area contributed by atoms with Crippen LogP contribution in [0, 0.1) is 6.92 Å². The lowest BCUT2D eigenvalue weighted by Gasteiger charge is -2.10. The van der Waals surface area contributed by atoms with Crippen LogP contribution in [0.15, 0.2) is 18.2 Å². The van der Waals surface area contributed by atoms with Crippen LogP contribution < -0.4 is 17.2 Å². The minimum absolute atomic E-state index is 0.105. The van der Waals surface area contributed by atoms with Gasteiger partial charge in [0, 0.05) is 6.54 Å². The number of aromatic nitrogens is 2. The number of hydrogen-bond acceptors (Lipinski definition) is 4. The molecule has 2 rings (SSSR count). The monoisotopic (exact) mass is 287 g/mol. The number of nitrogen functional groups attached to an aromatic ring is 1. The highest BCUT2D eigenvalue weighted by Gasteiger charge is 2.23. The van der Waals surface area contributed by atoms with E-state index in [1.165, 1.54) is 4.68 Å². The molecule has 0 aliphatic carbocycles. The van der Waals surface area contributed by atoms with Crippen molar-refractivity contribution in [2.24, 2.45) is 11.5 Å². The Hall–Kier alpha value is -2.34. The third kappa shape index (κ3) is 2.62. The molecule has 1 aromatic heterocycles. The van der Waals surface area contributed by atoms with Gasteiger partial charge in [0.25, 0.3) is 5.91 Å². The molecule has 0 aliphatic heterocycles. The Morgan fingerprint density at radius 1 is 1.38 bits per heavy atom. The fraction of sp³-hybridized carbons (Fsp3) is 0.333. The van der Waals surface area contributed by atoms with Gasteiger partial charge in [-0.2, -0.15) is 5.10 Å². The fourth-order valence-corrected chi connectivity index (χ4v) is 2.37. The molecule has 1 amide bonds. The molecule has 112 valence electrons. The zero-order valence-electron chi connectivity index (χ0n) is 12.6. The molecular weight excluding hydrogens is 266 g/mol. The first-order valence-corrected chi connectivity index (χ1v) is 6.85. The molecular formula is C15H21N5O. The van der Waals surface area contributed by atoms with Gasteiger partial charge in [0.15, 0.2) is 5.69 Å². The average molecular weight is 287 g/mol. The van der Waals surface area contributed by atoms with Crippen LogP contribution in [-0.4, -0.2) is 15.7 Å². The van der Waals surface area contributed by atoms with Crippen LogP contribution in [-0.2, 0) is 6.54 Å². The van der Waals surface area contributed by atoms with Gasteiger partial charge in [-0.1, -0.05) is 26.0 Å². The third-order valence-corrected chi connectivity index (χ3v) is 3.46. The van der Waals surface area contributed by atoms with E-state index < -0.39 is 5.91 Å². The number of hydrogen-bond donors (Lipinski definition) is 3. The molecule has 6 heteroatoms. The molecule has 1 heterocycles. The van der Waals surface area contributed by atoms with Gasteiger partial charge in [-0.05, 0) is 30.0 Å². The molecule has 0 aliphatic rings. The molecule has 6 nitrogen and oxygen atoms in total. The van der Waals surface area contributed by atoms with Crippen molar-refractivity contribution in [2.75, 3.05) is 5.73 Å². The largest absolute Gasteiger partial charge is 0.395 e. The Morgan fingerprint density at radius 2 is 2.05 bits per heavy atom. The van der Waals surface area contributed by atoms with Crippen molar-refractivity contribution in [3.8, 4) is 5.69 Å². The van der Waals surface area contributed by atoms with Gasteiger partial charge in [-0.3, -0.25) is 4.79 Å². The summed E-state index contributed by atoms with van der Waals surface area (Å²) in [5.74, 6) is -0.484. The maximum Gasteiger partial charge on any atom is 0.269 e. The number of primary amides is 1. The predicted octanol–water partition coefficient (Wildman–Crippen LogP) is 1.44. The normalized spacial score (nSPS) is 11.1. The second kappa shape index (κ2) is 5.57. The van der Waals surface area contributed by atoms with E-state index in [1.807, 2.05) is 39.0 Å². The van der Waals surface area contributed by atoms with Crippen molar-refractivity contribution in [1.29, 1.82) is 0 Å². The molecule has 2 aromatic rings. The van der Waals surface area contributed by atoms with E-state index in [-0.39, 0.29) is 11.6 Å². The van der Waals surface area contributed by atoms with E-state index in [0.717, 1.165) is 16.8 Å². The summed E-state index contributed by atoms with van der Waals surface area (Å²) in [6, 6.07) is 5.74. The first-order chi connectivity index (χ1) is 9.86. The molecule has 0 saturated heterocycles. The zero-order chi connectivity index (χ0) is 15.7. The van der Waals surface area contributed by atoms with Crippen LogP contribution in [0.1, 0.15) is 47.1 Å². The van der Waals surface area contributed by atoms with Crippen LogP contribution in [0.5, 0.6) is 0 Å². The summed E-state index contributed by atoms with van der Waals surface area (Å²) in [4.78, 5) is 11.7. The minimum atomic E-state index is -0.589. The number of nitrogens with two attached hydrogens (primary N) is 3. The molecule has 0 atom stereocenters. The van der Waals surface area contributed by atoms with Gasteiger partial charge in [0.05, 0.1) is 17.1 Å². The van der Waals surface area contributed by atoms with Crippen molar-refractivity contribution in [2.45, 2.75) is 33.2 Å². The molecule has 0 spiro atoms. The third-order valence-electron chi connectivity index (χ3n) is 3.46. The number of aryl methyl sites for hydroxylation is 1. The SMILES string of the molecule is Cc1cc(CN)ccc1-n1nc(C(C)C)c(N)c1C(N)=O. The van der Waals surface area contributed by atoms with Gasteiger partial charge >= 0.3 is 0 Å². The van der Waals surface area contributed by atoms with Crippen LogP contribution >= 0.6 is 0 Å². The Kier molecular flexibility index (Phi) is 3.99. The molecule has 0 fully saturated rings. The average Bonchev–Trinajstić information content (AvgIpc) is 2.76. The van der Waals surface area contributed by atoms with Crippen molar-refractivity contribution in [1.82, 2.24) is 9.78 Å². The summed E-state index contributed by atoms with van der Waals surface area (Å²) in [6.07, 6.45) is 0.